The SMILES string of the molecule is O=C(N[C@H](Cc1ccc(O)cc1)C(=O)O)c1ccnnc1. The first-order valence-corrected chi connectivity index (χ1v) is 6.14. The van der Waals surface area contributed by atoms with Crippen molar-refractivity contribution in [3.05, 3.63) is 53.9 Å². The average Bonchev–Trinajstić information content (AvgIpc) is 2.49. The number of carbonyl (C=O) groups is 2. The van der Waals surface area contributed by atoms with E-state index in [4.69, 9.17) is 0 Å². The van der Waals surface area contributed by atoms with E-state index in [-0.39, 0.29) is 17.7 Å². The van der Waals surface area contributed by atoms with Crippen LogP contribution in [-0.2, 0) is 11.2 Å². The summed E-state index contributed by atoms with van der Waals surface area (Å²) < 4.78 is 0. The first-order valence-electron chi connectivity index (χ1n) is 6.14. The van der Waals surface area contributed by atoms with E-state index in [9.17, 15) is 19.8 Å². The Hall–Kier alpha value is -2.96. The van der Waals surface area contributed by atoms with Gasteiger partial charge in [-0.25, -0.2) is 4.79 Å². The second-order valence-electron chi connectivity index (χ2n) is 4.37. The Kier molecular flexibility index (Phi) is 4.45. The quantitative estimate of drug-likeness (QED) is 0.742. The highest BCUT2D eigenvalue weighted by molar-refractivity contribution is 5.96. The number of hydrogen-bond acceptors (Lipinski definition) is 5. The Morgan fingerprint density at radius 2 is 1.86 bits per heavy atom. The minimum absolute atomic E-state index is 0.0949. The zero-order valence-electron chi connectivity index (χ0n) is 10.9. The molecule has 108 valence electrons. The number of carboxylic acid groups (broad SMARTS) is 1. The van der Waals surface area contributed by atoms with Crippen LogP contribution in [0.3, 0.4) is 0 Å². The fourth-order valence-corrected chi connectivity index (χ4v) is 1.73. The number of hydrogen-bond donors (Lipinski definition) is 3. The summed E-state index contributed by atoms with van der Waals surface area (Å²) in [4.78, 5) is 23.2. The third-order valence-electron chi connectivity index (χ3n) is 2.83. The predicted octanol–water partition coefficient (Wildman–Crippen LogP) is 0.608. The molecule has 3 N–H and O–H groups in total. The second-order valence-corrected chi connectivity index (χ2v) is 4.37. The molecule has 21 heavy (non-hydrogen) atoms. The molecule has 7 heteroatoms. The Bertz CT molecular complexity index is 628. The number of benzene rings is 1. The summed E-state index contributed by atoms with van der Waals surface area (Å²) in [5.74, 6) is -1.58. The smallest absolute Gasteiger partial charge is 0.326 e. The molecule has 2 rings (SSSR count). The molecule has 1 aromatic carbocycles. The third kappa shape index (κ3) is 4.00. The molecule has 0 aliphatic rings. The number of nitrogens with one attached hydrogen (secondary N) is 1. The molecule has 0 spiro atoms. The summed E-state index contributed by atoms with van der Waals surface area (Å²) in [5, 5.41) is 27.9. The molecular formula is C14H13N3O4. The molecule has 1 aromatic heterocycles. The van der Waals surface area contributed by atoms with Gasteiger partial charge in [0.05, 0.1) is 18.0 Å². The zero-order valence-corrected chi connectivity index (χ0v) is 10.9. The van der Waals surface area contributed by atoms with Crippen molar-refractivity contribution in [2.45, 2.75) is 12.5 Å². The molecule has 0 aliphatic carbocycles. The third-order valence-corrected chi connectivity index (χ3v) is 2.83. The van der Waals surface area contributed by atoms with E-state index >= 15 is 0 Å². The van der Waals surface area contributed by atoms with Gasteiger partial charge < -0.3 is 15.5 Å². The van der Waals surface area contributed by atoms with Gasteiger partial charge in [0, 0.05) is 6.42 Å². The molecule has 1 amide bonds. The number of aromatic nitrogens is 2. The van der Waals surface area contributed by atoms with Crippen molar-refractivity contribution in [3.8, 4) is 5.75 Å². The number of phenolic OH excluding ortho intramolecular Hbond substituents is 1. The van der Waals surface area contributed by atoms with Crippen LogP contribution in [0.4, 0.5) is 0 Å². The summed E-state index contributed by atoms with van der Waals surface area (Å²) in [6, 6.07) is 6.50. The van der Waals surface area contributed by atoms with E-state index in [2.05, 4.69) is 15.5 Å². The summed E-state index contributed by atoms with van der Waals surface area (Å²) >= 11 is 0. The lowest BCUT2D eigenvalue weighted by atomic mass is 10.1. The number of nitrogens with zero attached hydrogens (tertiary/aromatic N) is 2. The highest BCUT2D eigenvalue weighted by Gasteiger charge is 2.21. The van der Waals surface area contributed by atoms with Crippen LogP contribution in [0, 0.1) is 0 Å². The normalized spacial score (nSPS) is 11.6. The lowest BCUT2D eigenvalue weighted by molar-refractivity contribution is -0.139. The van der Waals surface area contributed by atoms with Crippen LogP contribution in [-0.4, -0.2) is 38.3 Å². The van der Waals surface area contributed by atoms with Gasteiger partial charge in [-0.2, -0.15) is 10.2 Å². The van der Waals surface area contributed by atoms with Gasteiger partial charge in [0.1, 0.15) is 11.8 Å². The molecule has 0 saturated heterocycles. The Labute approximate surface area is 120 Å². The molecule has 0 saturated carbocycles. The summed E-state index contributed by atoms with van der Waals surface area (Å²) in [6.07, 6.45) is 2.72. The van der Waals surface area contributed by atoms with Crippen LogP contribution in [0.5, 0.6) is 5.75 Å². The van der Waals surface area contributed by atoms with Gasteiger partial charge in [0.25, 0.3) is 5.91 Å². The summed E-state index contributed by atoms with van der Waals surface area (Å²) in [5.41, 5.74) is 0.926. The number of rotatable bonds is 5. The van der Waals surface area contributed by atoms with Crippen LogP contribution in [0.15, 0.2) is 42.7 Å². The monoisotopic (exact) mass is 287 g/mol. The average molecular weight is 287 g/mol. The molecule has 1 atom stereocenters. The van der Waals surface area contributed by atoms with Crippen molar-refractivity contribution in [1.29, 1.82) is 0 Å². The maximum atomic E-state index is 11.9. The van der Waals surface area contributed by atoms with Gasteiger partial charge in [0.15, 0.2) is 0 Å². The van der Waals surface area contributed by atoms with E-state index in [1.54, 1.807) is 12.1 Å². The molecule has 0 fully saturated rings. The number of phenols is 1. The topological polar surface area (TPSA) is 112 Å². The molecule has 0 bridgehead atoms. The highest BCUT2D eigenvalue weighted by Crippen LogP contribution is 2.11. The Morgan fingerprint density at radius 3 is 2.43 bits per heavy atom. The summed E-state index contributed by atoms with van der Waals surface area (Å²) in [7, 11) is 0. The van der Waals surface area contributed by atoms with Crippen molar-refractivity contribution >= 4 is 11.9 Å². The molecule has 0 unspecified atom stereocenters. The van der Waals surface area contributed by atoms with E-state index in [1.807, 2.05) is 0 Å². The van der Waals surface area contributed by atoms with Gasteiger partial charge in [-0.05, 0) is 23.8 Å². The van der Waals surface area contributed by atoms with Crippen molar-refractivity contribution < 1.29 is 19.8 Å². The van der Waals surface area contributed by atoms with Gasteiger partial charge in [0.2, 0.25) is 0 Å². The van der Waals surface area contributed by atoms with Crippen LogP contribution in [0.25, 0.3) is 0 Å². The largest absolute Gasteiger partial charge is 0.508 e. The van der Waals surface area contributed by atoms with E-state index in [0.717, 1.165) is 0 Å². The maximum absolute atomic E-state index is 11.9. The summed E-state index contributed by atoms with van der Waals surface area (Å²) in [6.45, 7) is 0. The molecule has 0 aliphatic heterocycles. The van der Waals surface area contributed by atoms with Crippen molar-refractivity contribution in [2.24, 2.45) is 0 Å². The minimum atomic E-state index is -1.14. The van der Waals surface area contributed by atoms with Crippen molar-refractivity contribution in [1.82, 2.24) is 15.5 Å². The molecule has 7 nitrogen and oxygen atoms in total. The van der Waals surface area contributed by atoms with Crippen LogP contribution in [0.1, 0.15) is 15.9 Å². The fraction of sp³-hybridized carbons (Fsp3) is 0.143. The molecule has 2 aromatic rings. The van der Waals surface area contributed by atoms with Crippen molar-refractivity contribution in [3.63, 3.8) is 0 Å². The number of carboxylic acids is 1. The van der Waals surface area contributed by atoms with E-state index in [0.29, 0.717) is 5.56 Å². The first kappa shape index (κ1) is 14.4. The predicted molar refractivity (Wildman–Crippen MR) is 72.7 cm³/mol. The van der Waals surface area contributed by atoms with Crippen LogP contribution in [0.2, 0.25) is 0 Å². The van der Waals surface area contributed by atoms with Crippen LogP contribution < -0.4 is 5.32 Å². The molecular weight excluding hydrogens is 274 g/mol. The fourth-order valence-electron chi connectivity index (χ4n) is 1.73. The second kappa shape index (κ2) is 6.47. The molecule has 0 radical (unpaired) electrons. The first-order chi connectivity index (χ1) is 10.1. The standard InChI is InChI=1S/C14H13N3O4/c18-11-3-1-9(2-4-11)7-12(14(20)21)17-13(19)10-5-6-15-16-8-10/h1-6,8,12,18H,7H2,(H,17,19)(H,20,21)/t12-/m1/s1. The van der Waals surface area contributed by atoms with Gasteiger partial charge in [-0.1, -0.05) is 12.1 Å². The van der Waals surface area contributed by atoms with Gasteiger partial charge >= 0.3 is 5.97 Å². The Morgan fingerprint density at radius 1 is 1.14 bits per heavy atom. The van der Waals surface area contributed by atoms with E-state index in [1.165, 1.54) is 30.6 Å². The lowest BCUT2D eigenvalue weighted by Gasteiger charge is -2.14. The number of carbonyl (C=O) groups excluding carboxylic acids is 1. The van der Waals surface area contributed by atoms with Crippen LogP contribution >= 0.6 is 0 Å². The highest BCUT2D eigenvalue weighted by atomic mass is 16.4. The zero-order chi connectivity index (χ0) is 15.2. The van der Waals surface area contributed by atoms with E-state index < -0.39 is 17.9 Å². The van der Waals surface area contributed by atoms with Gasteiger partial charge in [-0.3, -0.25) is 4.79 Å². The molecule has 1 heterocycles. The van der Waals surface area contributed by atoms with Crippen molar-refractivity contribution in [2.75, 3.05) is 0 Å². The Balaban J connectivity index is 2.07. The number of aliphatic carboxylic acids is 1. The number of aromatic hydroxyl groups is 1. The van der Waals surface area contributed by atoms with Gasteiger partial charge in [-0.15, -0.1) is 0 Å². The lowest BCUT2D eigenvalue weighted by Crippen LogP contribution is -2.42. The maximum Gasteiger partial charge on any atom is 0.326 e. The number of amides is 1. The minimum Gasteiger partial charge on any atom is -0.508 e.